The first-order chi connectivity index (χ1) is 12.7. The minimum atomic E-state index is 0.198. The van der Waals surface area contributed by atoms with E-state index in [1.54, 1.807) is 12.3 Å². The highest BCUT2D eigenvalue weighted by Crippen LogP contribution is 2.48. The minimum absolute atomic E-state index is 0.198. The summed E-state index contributed by atoms with van der Waals surface area (Å²) in [7, 11) is 1.83. The maximum atomic E-state index is 5.87. The van der Waals surface area contributed by atoms with E-state index in [0.29, 0.717) is 17.8 Å². The summed E-state index contributed by atoms with van der Waals surface area (Å²) in [6.45, 7) is 6.69. The Bertz CT molecular complexity index is 609. The Morgan fingerprint density at radius 3 is 2.92 bits per heavy atom. The second-order valence-electron chi connectivity index (χ2n) is 8.06. The molecule has 7 heteroatoms. The molecule has 0 radical (unpaired) electrons. The third-order valence-electron chi connectivity index (χ3n) is 6.59. The molecular weight excluding hydrogens is 330 g/mol. The van der Waals surface area contributed by atoms with Crippen LogP contribution in [-0.4, -0.2) is 74.0 Å². The van der Waals surface area contributed by atoms with Gasteiger partial charge in [0.05, 0.1) is 19.8 Å². The SMILES string of the molecule is COC[C@@]12CC[C@@H](N3CCOCC3)C[C@H]1CCN(c1nccc(N)n1)C2. The van der Waals surface area contributed by atoms with Gasteiger partial charge in [-0.1, -0.05) is 0 Å². The molecule has 4 rings (SSSR count). The van der Waals surface area contributed by atoms with Crippen molar-refractivity contribution in [1.29, 1.82) is 0 Å². The predicted octanol–water partition coefficient (Wildman–Crippen LogP) is 1.40. The molecule has 0 bridgehead atoms. The van der Waals surface area contributed by atoms with E-state index >= 15 is 0 Å². The number of hydrogen-bond donors (Lipinski definition) is 1. The van der Waals surface area contributed by atoms with Gasteiger partial charge < -0.3 is 20.1 Å². The second-order valence-corrected chi connectivity index (χ2v) is 8.06. The summed E-state index contributed by atoms with van der Waals surface area (Å²) in [4.78, 5) is 13.8. The molecule has 1 saturated carbocycles. The molecule has 0 amide bonds. The first-order valence-electron chi connectivity index (χ1n) is 9.84. The fraction of sp³-hybridized carbons (Fsp3) is 0.789. The standard InChI is InChI=1S/C19H31N5O2/c1-25-14-19-5-2-16(23-8-10-26-11-9-23)12-15(19)4-7-24(13-19)18-21-6-3-17(20)22-18/h3,6,15-16H,2,4-5,7-14H2,1H3,(H2,20,21,22)/t15-,16-,19+/m1/s1. The van der Waals surface area contributed by atoms with Crippen molar-refractivity contribution in [2.75, 3.05) is 63.7 Å². The van der Waals surface area contributed by atoms with Crippen LogP contribution in [0.25, 0.3) is 0 Å². The third kappa shape index (κ3) is 3.52. The molecule has 3 aliphatic rings. The van der Waals surface area contributed by atoms with Crippen molar-refractivity contribution in [2.24, 2.45) is 11.3 Å². The first-order valence-corrected chi connectivity index (χ1v) is 9.84. The van der Waals surface area contributed by atoms with Crippen molar-refractivity contribution in [3.05, 3.63) is 12.3 Å². The highest BCUT2D eigenvalue weighted by Gasteiger charge is 2.48. The van der Waals surface area contributed by atoms with Crippen LogP contribution >= 0.6 is 0 Å². The molecule has 0 unspecified atom stereocenters. The number of methoxy groups -OCH3 is 1. The number of rotatable bonds is 4. The number of piperidine rings is 1. The number of nitrogens with two attached hydrogens (primary N) is 1. The lowest BCUT2D eigenvalue weighted by Gasteiger charge is -2.54. The van der Waals surface area contributed by atoms with E-state index < -0.39 is 0 Å². The van der Waals surface area contributed by atoms with Crippen LogP contribution in [0, 0.1) is 11.3 Å². The quantitative estimate of drug-likeness (QED) is 0.869. The average Bonchev–Trinajstić information content (AvgIpc) is 2.68. The van der Waals surface area contributed by atoms with Gasteiger partial charge in [0.15, 0.2) is 0 Å². The second kappa shape index (κ2) is 7.66. The molecule has 1 aromatic rings. The van der Waals surface area contributed by atoms with Gasteiger partial charge in [0, 0.05) is 50.9 Å². The van der Waals surface area contributed by atoms with E-state index in [1.807, 2.05) is 7.11 Å². The lowest BCUT2D eigenvalue weighted by molar-refractivity contribution is -0.0541. The Kier molecular flexibility index (Phi) is 5.29. The van der Waals surface area contributed by atoms with E-state index in [9.17, 15) is 0 Å². The maximum Gasteiger partial charge on any atom is 0.227 e. The minimum Gasteiger partial charge on any atom is -0.384 e. The molecule has 7 nitrogen and oxygen atoms in total. The van der Waals surface area contributed by atoms with Crippen molar-refractivity contribution in [3.8, 4) is 0 Å². The van der Waals surface area contributed by atoms with Crippen molar-refractivity contribution >= 4 is 11.8 Å². The van der Waals surface area contributed by atoms with Crippen LogP contribution in [0.1, 0.15) is 25.7 Å². The first kappa shape index (κ1) is 17.9. The zero-order chi connectivity index (χ0) is 18.0. The summed E-state index contributed by atoms with van der Waals surface area (Å²) in [5, 5.41) is 0. The third-order valence-corrected chi connectivity index (χ3v) is 6.59. The van der Waals surface area contributed by atoms with Crippen LogP contribution in [0.15, 0.2) is 12.3 Å². The molecular formula is C19H31N5O2. The average molecular weight is 361 g/mol. The molecule has 3 fully saturated rings. The van der Waals surface area contributed by atoms with Gasteiger partial charge in [-0.2, -0.15) is 4.98 Å². The van der Waals surface area contributed by atoms with Gasteiger partial charge in [0.1, 0.15) is 5.82 Å². The molecule has 1 aliphatic carbocycles. The van der Waals surface area contributed by atoms with Crippen molar-refractivity contribution in [3.63, 3.8) is 0 Å². The number of nitrogens with zero attached hydrogens (tertiary/aromatic N) is 4. The highest BCUT2D eigenvalue weighted by atomic mass is 16.5. The molecule has 144 valence electrons. The number of aromatic nitrogens is 2. The van der Waals surface area contributed by atoms with Crippen LogP contribution in [0.3, 0.4) is 0 Å². The number of ether oxygens (including phenoxy) is 2. The number of fused-ring (bicyclic) bond motifs is 1. The van der Waals surface area contributed by atoms with Crippen LogP contribution in [0.2, 0.25) is 0 Å². The molecule has 0 aromatic carbocycles. The van der Waals surface area contributed by atoms with Gasteiger partial charge in [-0.05, 0) is 37.7 Å². The van der Waals surface area contributed by atoms with Crippen LogP contribution in [0.5, 0.6) is 0 Å². The van der Waals surface area contributed by atoms with Gasteiger partial charge in [-0.25, -0.2) is 4.98 Å². The van der Waals surface area contributed by atoms with E-state index in [1.165, 1.54) is 25.7 Å². The monoisotopic (exact) mass is 361 g/mol. The van der Waals surface area contributed by atoms with Crippen LogP contribution in [-0.2, 0) is 9.47 Å². The molecule has 3 atom stereocenters. The summed E-state index contributed by atoms with van der Waals surface area (Å²) in [5.41, 5.74) is 6.07. The summed E-state index contributed by atoms with van der Waals surface area (Å²) in [6.07, 6.45) is 6.64. The van der Waals surface area contributed by atoms with Gasteiger partial charge in [-0.3, -0.25) is 4.90 Å². The normalized spacial score (nSPS) is 33.0. The molecule has 26 heavy (non-hydrogen) atoms. The Morgan fingerprint density at radius 1 is 1.31 bits per heavy atom. The summed E-state index contributed by atoms with van der Waals surface area (Å²) >= 11 is 0. The molecule has 2 N–H and O–H groups in total. The lowest BCUT2D eigenvalue weighted by atomic mass is 9.62. The number of anilines is 2. The van der Waals surface area contributed by atoms with Crippen LogP contribution in [0.4, 0.5) is 11.8 Å². The smallest absolute Gasteiger partial charge is 0.227 e. The highest BCUT2D eigenvalue weighted by molar-refractivity contribution is 5.38. The Labute approximate surface area is 155 Å². The Morgan fingerprint density at radius 2 is 2.15 bits per heavy atom. The number of hydrogen-bond acceptors (Lipinski definition) is 7. The molecule has 3 heterocycles. The number of nitrogen functional groups attached to an aromatic ring is 1. The summed E-state index contributed by atoms with van der Waals surface area (Å²) in [5.74, 6) is 1.99. The molecule has 2 aliphatic heterocycles. The van der Waals surface area contributed by atoms with E-state index in [2.05, 4.69) is 19.8 Å². The topological polar surface area (TPSA) is 76.7 Å². The molecule has 2 saturated heterocycles. The summed E-state index contributed by atoms with van der Waals surface area (Å²) in [6, 6.07) is 2.44. The lowest BCUT2D eigenvalue weighted by Crippen LogP contribution is -2.57. The Balaban J connectivity index is 1.49. The van der Waals surface area contributed by atoms with Crippen molar-refractivity contribution in [2.45, 2.75) is 31.7 Å². The van der Waals surface area contributed by atoms with Crippen molar-refractivity contribution < 1.29 is 9.47 Å². The fourth-order valence-electron chi connectivity index (χ4n) is 5.24. The predicted molar refractivity (Wildman–Crippen MR) is 101 cm³/mol. The summed E-state index contributed by atoms with van der Waals surface area (Å²) < 4.78 is 11.2. The van der Waals surface area contributed by atoms with Crippen LogP contribution < -0.4 is 10.6 Å². The van der Waals surface area contributed by atoms with Crippen molar-refractivity contribution in [1.82, 2.24) is 14.9 Å². The van der Waals surface area contributed by atoms with Gasteiger partial charge in [-0.15, -0.1) is 0 Å². The molecule has 1 aromatic heterocycles. The zero-order valence-corrected chi connectivity index (χ0v) is 15.8. The van der Waals surface area contributed by atoms with Gasteiger partial charge >= 0.3 is 0 Å². The number of morpholine rings is 1. The fourth-order valence-corrected chi connectivity index (χ4v) is 5.24. The Hall–Kier alpha value is -1.44. The van der Waals surface area contributed by atoms with Gasteiger partial charge in [0.25, 0.3) is 0 Å². The maximum absolute atomic E-state index is 5.87. The molecule has 0 spiro atoms. The van der Waals surface area contributed by atoms with E-state index in [0.717, 1.165) is 51.9 Å². The van der Waals surface area contributed by atoms with E-state index in [-0.39, 0.29) is 5.41 Å². The zero-order valence-electron chi connectivity index (χ0n) is 15.8. The van der Waals surface area contributed by atoms with Gasteiger partial charge in [0.2, 0.25) is 5.95 Å². The largest absolute Gasteiger partial charge is 0.384 e. The van der Waals surface area contributed by atoms with E-state index in [4.69, 9.17) is 15.2 Å².